The number of hydrogen-bond donors (Lipinski definition) is 1. The van der Waals surface area contributed by atoms with Crippen molar-refractivity contribution in [2.75, 3.05) is 20.3 Å². The SMILES string of the molecule is CCCOc1ccc(C(=O)CCC(=O)NCCc2ccc(OC)c(OC(F)F)c2)cc1. The van der Waals surface area contributed by atoms with Crippen LogP contribution in [0.3, 0.4) is 0 Å². The highest BCUT2D eigenvalue weighted by atomic mass is 19.3. The zero-order valence-corrected chi connectivity index (χ0v) is 17.7. The van der Waals surface area contributed by atoms with E-state index in [1.807, 2.05) is 6.92 Å². The summed E-state index contributed by atoms with van der Waals surface area (Å²) in [6, 6.07) is 11.6. The number of Topliss-reactive ketones (excluding diaryl/α,β-unsaturated/α-hetero) is 1. The predicted octanol–water partition coefficient (Wildman–Crippen LogP) is 4.41. The van der Waals surface area contributed by atoms with Crippen molar-refractivity contribution in [1.29, 1.82) is 0 Å². The minimum Gasteiger partial charge on any atom is -0.494 e. The maximum Gasteiger partial charge on any atom is 0.387 e. The Morgan fingerprint density at radius 1 is 1.03 bits per heavy atom. The number of hydrogen-bond acceptors (Lipinski definition) is 5. The molecule has 1 amide bonds. The van der Waals surface area contributed by atoms with Gasteiger partial charge in [0.1, 0.15) is 5.75 Å². The molecule has 0 saturated heterocycles. The second-order valence-electron chi connectivity index (χ2n) is 6.76. The zero-order chi connectivity index (χ0) is 22.6. The Morgan fingerprint density at radius 2 is 1.77 bits per heavy atom. The molecule has 0 unspecified atom stereocenters. The Bertz CT molecular complexity index is 856. The quantitative estimate of drug-likeness (QED) is 0.472. The molecule has 0 fully saturated rings. The number of amides is 1. The number of carbonyl (C=O) groups excluding carboxylic acids is 2. The van der Waals surface area contributed by atoms with Crippen LogP contribution in [-0.2, 0) is 11.2 Å². The molecule has 0 bridgehead atoms. The Balaban J connectivity index is 1.76. The molecule has 0 atom stereocenters. The summed E-state index contributed by atoms with van der Waals surface area (Å²) in [4.78, 5) is 24.3. The zero-order valence-electron chi connectivity index (χ0n) is 17.7. The number of benzene rings is 2. The van der Waals surface area contributed by atoms with Gasteiger partial charge in [0.05, 0.1) is 13.7 Å². The van der Waals surface area contributed by atoms with Crippen LogP contribution in [0.2, 0.25) is 0 Å². The standard InChI is InChI=1S/C23H27F2NO5/c1-3-14-30-18-7-5-17(6-8-18)19(27)9-11-22(28)26-13-12-16-4-10-20(29-2)21(15-16)31-23(24)25/h4-8,10,15,23H,3,9,11-14H2,1-2H3,(H,26,28). The molecule has 2 rings (SSSR count). The van der Waals surface area contributed by atoms with Crippen molar-refractivity contribution in [3.8, 4) is 17.2 Å². The van der Waals surface area contributed by atoms with E-state index in [0.717, 1.165) is 6.42 Å². The van der Waals surface area contributed by atoms with Gasteiger partial charge in [0, 0.05) is 24.9 Å². The second kappa shape index (κ2) is 12.5. The van der Waals surface area contributed by atoms with Gasteiger partial charge in [0.2, 0.25) is 5.91 Å². The van der Waals surface area contributed by atoms with Crippen molar-refractivity contribution >= 4 is 11.7 Å². The molecule has 0 radical (unpaired) electrons. The van der Waals surface area contributed by atoms with E-state index in [1.165, 1.54) is 19.2 Å². The Morgan fingerprint density at radius 3 is 2.42 bits per heavy atom. The molecule has 0 aliphatic carbocycles. The maximum absolute atomic E-state index is 12.5. The average Bonchev–Trinajstić information content (AvgIpc) is 2.76. The minimum absolute atomic E-state index is 0.0574. The molecule has 0 saturated carbocycles. The van der Waals surface area contributed by atoms with Gasteiger partial charge < -0.3 is 19.5 Å². The summed E-state index contributed by atoms with van der Waals surface area (Å²) in [5.41, 5.74) is 1.24. The van der Waals surface area contributed by atoms with Crippen molar-refractivity contribution in [2.24, 2.45) is 0 Å². The van der Waals surface area contributed by atoms with E-state index in [9.17, 15) is 18.4 Å². The summed E-state index contributed by atoms with van der Waals surface area (Å²) in [6.07, 6.45) is 1.48. The number of methoxy groups -OCH3 is 1. The van der Waals surface area contributed by atoms with Crippen LogP contribution in [0.4, 0.5) is 8.78 Å². The molecule has 6 nitrogen and oxygen atoms in total. The summed E-state index contributed by atoms with van der Waals surface area (Å²) in [7, 11) is 1.36. The van der Waals surface area contributed by atoms with Crippen molar-refractivity contribution < 1.29 is 32.6 Å². The highest BCUT2D eigenvalue weighted by Crippen LogP contribution is 2.29. The van der Waals surface area contributed by atoms with E-state index >= 15 is 0 Å². The molecule has 2 aromatic carbocycles. The van der Waals surface area contributed by atoms with Gasteiger partial charge in [0.25, 0.3) is 0 Å². The maximum atomic E-state index is 12.5. The normalized spacial score (nSPS) is 10.6. The summed E-state index contributed by atoms with van der Waals surface area (Å²) >= 11 is 0. The van der Waals surface area contributed by atoms with Gasteiger partial charge in [-0.3, -0.25) is 9.59 Å². The number of carbonyl (C=O) groups is 2. The van der Waals surface area contributed by atoms with Crippen LogP contribution in [0.15, 0.2) is 42.5 Å². The lowest BCUT2D eigenvalue weighted by Crippen LogP contribution is -2.26. The number of nitrogens with one attached hydrogen (secondary N) is 1. The molecule has 0 spiro atoms. The number of ketones is 1. The Hall–Kier alpha value is -3.16. The van der Waals surface area contributed by atoms with E-state index in [4.69, 9.17) is 9.47 Å². The molecule has 0 aliphatic heterocycles. The molecular weight excluding hydrogens is 408 g/mol. The topological polar surface area (TPSA) is 73.9 Å². The lowest BCUT2D eigenvalue weighted by molar-refractivity contribution is -0.121. The molecule has 0 aromatic heterocycles. The van der Waals surface area contributed by atoms with Gasteiger partial charge in [-0.2, -0.15) is 8.78 Å². The molecule has 0 heterocycles. The van der Waals surface area contributed by atoms with Crippen molar-refractivity contribution in [1.82, 2.24) is 5.32 Å². The number of alkyl halides is 2. The third-order valence-corrected chi connectivity index (χ3v) is 4.41. The summed E-state index contributed by atoms with van der Waals surface area (Å²) < 4.78 is 39.9. The lowest BCUT2D eigenvalue weighted by Gasteiger charge is -2.12. The average molecular weight is 435 g/mol. The van der Waals surface area contributed by atoms with E-state index in [0.29, 0.717) is 36.4 Å². The summed E-state index contributed by atoms with van der Waals surface area (Å²) in [5.74, 6) is 0.473. The van der Waals surface area contributed by atoms with E-state index in [1.54, 1.807) is 30.3 Å². The van der Waals surface area contributed by atoms with Crippen molar-refractivity contribution in [2.45, 2.75) is 39.2 Å². The first-order valence-electron chi connectivity index (χ1n) is 10.1. The van der Waals surface area contributed by atoms with Crippen LogP contribution in [0.5, 0.6) is 17.2 Å². The van der Waals surface area contributed by atoms with Gasteiger partial charge in [-0.25, -0.2) is 0 Å². The first kappa shape index (κ1) is 24.1. The number of rotatable bonds is 13. The fourth-order valence-electron chi connectivity index (χ4n) is 2.83. The third-order valence-electron chi connectivity index (χ3n) is 4.41. The fraction of sp³-hybridized carbons (Fsp3) is 0.391. The van der Waals surface area contributed by atoms with E-state index < -0.39 is 6.61 Å². The minimum atomic E-state index is -2.96. The summed E-state index contributed by atoms with van der Waals surface area (Å²) in [6.45, 7) is -0.0259. The largest absolute Gasteiger partial charge is 0.494 e. The lowest BCUT2D eigenvalue weighted by atomic mass is 10.1. The van der Waals surface area contributed by atoms with Crippen LogP contribution in [-0.4, -0.2) is 38.6 Å². The molecular formula is C23H27F2NO5. The molecule has 31 heavy (non-hydrogen) atoms. The molecule has 1 N–H and O–H groups in total. The van der Waals surface area contributed by atoms with E-state index in [2.05, 4.69) is 10.1 Å². The van der Waals surface area contributed by atoms with Crippen LogP contribution in [0.1, 0.15) is 42.1 Å². The first-order chi connectivity index (χ1) is 14.9. The molecule has 8 heteroatoms. The highest BCUT2D eigenvalue weighted by molar-refractivity contribution is 5.98. The number of ether oxygens (including phenoxy) is 3. The first-order valence-corrected chi connectivity index (χ1v) is 10.1. The predicted molar refractivity (Wildman–Crippen MR) is 112 cm³/mol. The van der Waals surface area contributed by atoms with Gasteiger partial charge in [0.15, 0.2) is 17.3 Å². The van der Waals surface area contributed by atoms with Crippen LogP contribution in [0, 0.1) is 0 Å². The Kier molecular flexibility index (Phi) is 9.74. The number of halogens is 2. The van der Waals surface area contributed by atoms with Crippen molar-refractivity contribution in [3.05, 3.63) is 53.6 Å². The monoisotopic (exact) mass is 435 g/mol. The molecule has 2 aromatic rings. The fourth-order valence-corrected chi connectivity index (χ4v) is 2.83. The van der Waals surface area contributed by atoms with Crippen LogP contribution < -0.4 is 19.5 Å². The van der Waals surface area contributed by atoms with Crippen LogP contribution >= 0.6 is 0 Å². The summed E-state index contributed by atoms with van der Waals surface area (Å²) in [5, 5.41) is 2.73. The van der Waals surface area contributed by atoms with Crippen molar-refractivity contribution in [3.63, 3.8) is 0 Å². The van der Waals surface area contributed by atoms with Gasteiger partial charge in [-0.15, -0.1) is 0 Å². The van der Waals surface area contributed by atoms with E-state index in [-0.39, 0.29) is 36.0 Å². The highest BCUT2D eigenvalue weighted by Gasteiger charge is 2.12. The Labute approximate surface area is 180 Å². The van der Waals surface area contributed by atoms with Gasteiger partial charge in [-0.05, 0) is 54.8 Å². The smallest absolute Gasteiger partial charge is 0.387 e. The molecule has 0 aliphatic rings. The third kappa shape index (κ3) is 8.24. The van der Waals surface area contributed by atoms with Gasteiger partial charge >= 0.3 is 6.61 Å². The molecule has 168 valence electrons. The van der Waals surface area contributed by atoms with Gasteiger partial charge in [-0.1, -0.05) is 13.0 Å². The second-order valence-corrected chi connectivity index (χ2v) is 6.76. The van der Waals surface area contributed by atoms with Crippen LogP contribution in [0.25, 0.3) is 0 Å².